The van der Waals surface area contributed by atoms with E-state index in [4.69, 9.17) is 44.3 Å². The van der Waals surface area contributed by atoms with Gasteiger partial charge in [0.1, 0.15) is 11.5 Å². The lowest BCUT2D eigenvalue weighted by Gasteiger charge is -2.08. The molecule has 0 aliphatic heterocycles. The Bertz CT molecular complexity index is 682. The molecular formula is C15H13Cl3N2O2. The Kier molecular flexibility index (Phi) is 5.77. The molecule has 2 aromatic carbocycles. The second kappa shape index (κ2) is 7.58. The Morgan fingerprint density at radius 2 is 1.68 bits per heavy atom. The van der Waals surface area contributed by atoms with E-state index in [0.717, 1.165) is 5.56 Å². The van der Waals surface area contributed by atoms with Gasteiger partial charge in [0.05, 0.1) is 36.2 Å². The molecule has 4 nitrogen and oxygen atoms in total. The predicted octanol–water partition coefficient (Wildman–Crippen LogP) is 5.11. The summed E-state index contributed by atoms with van der Waals surface area (Å²) in [7, 11) is 3.17. The minimum atomic E-state index is 0.382. The molecule has 0 unspecified atom stereocenters. The van der Waals surface area contributed by atoms with E-state index in [1.807, 2.05) is 0 Å². The molecule has 0 heterocycles. The normalized spacial score (nSPS) is 10.8. The van der Waals surface area contributed by atoms with Crippen molar-refractivity contribution in [2.45, 2.75) is 0 Å². The molecule has 0 atom stereocenters. The van der Waals surface area contributed by atoms with E-state index >= 15 is 0 Å². The molecule has 2 rings (SSSR count). The summed E-state index contributed by atoms with van der Waals surface area (Å²) < 4.78 is 10.4. The van der Waals surface area contributed by atoms with E-state index in [-0.39, 0.29) is 0 Å². The number of methoxy groups -OCH3 is 2. The summed E-state index contributed by atoms with van der Waals surface area (Å²) in [6.45, 7) is 0. The van der Waals surface area contributed by atoms with E-state index in [9.17, 15) is 0 Å². The SMILES string of the molecule is COc1ccc(OC)c(/C=N/Nc2c(Cl)cc(Cl)cc2Cl)c1. The van der Waals surface area contributed by atoms with Gasteiger partial charge >= 0.3 is 0 Å². The monoisotopic (exact) mass is 358 g/mol. The van der Waals surface area contributed by atoms with Gasteiger partial charge in [-0.3, -0.25) is 5.43 Å². The molecule has 2 aromatic rings. The highest BCUT2D eigenvalue weighted by atomic mass is 35.5. The van der Waals surface area contributed by atoms with Crippen LogP contribution in [-0.4, -0.2) is 20.4 Å². The highest BCUT2D eigenvalue weighted by molar-refractivity contribution is 6.41. The van der Waals surface area contributed by atoms with Crippen molar-refractivity contribution in [1.29, 1.82) is 0 Å². The smallest absolute Gasteiger partial charge is 0.127 e. The van der Waals surface area contributed by atoms with Gasteiger partial charge in [-0.2, -0.15) is 5.10 Å². The molecule has 0 radical (unpaired) electrons. The molecule has 116 valence electrons. The molecule has 0 aromatic heterocycles. The van der Waals surface area contributed by atoms with Crippen molar-refractivity contribution in [2.75, 3.05) is 19.6 Å². The number of halogens is 3. The third-order valence-corrected chi connectivity index (χ3v) is 3.64. The van der Waals surface area contributed by atoms with E-state index < -0.39 is 0 Å². The van der Waals surface area contributed by atoms with Gasteiger partial charge in [-0.25, -0.2) is 0 Å². The average molecular weight is 360 g/mol. The number of ether oxygens (including phenoxy) is 2. The summed E-state index contributed by atoms with van der Waals surface area (Å²) in [5.74, 6) is 1.37. The van der Waals surface area contributed by atoms with Crippen LogP contribution in [0.5, 0.6) is 11.5 Å². The Hall–Kier alpha value is -1.62. The van der Waals surface area contributed by atoms with Crippen molar-refractivity contribution in [3.8, 4) is 11.5 Å². The molecule has 0 spiro atoms. The van der Waals surface area contributed by atoms with Crippen molar-refractivity contribution < 1.29 is 9.47 Å². The van der Waals surface area contributed by atoms with Crippen LogP contribution in [0.1, 0.15) is 5.56 Å². The number of nitrogens with zero attached hydrogens (tertiary/aromatic N) is 1. The number of nitrogens with one attached hydrogen (secondary N) is 1. The number of benzene rings is 2. The van der Waals surface area contributed by atoms with E-state index in [2.05, 4.69) is 10.5 Å². The Morgan fingerprint density at radius 1 is 1.00 bits per heavy atom. The summed E-state index contributed by atoms with van der Waals surface area (Å²) in [6, 6.07) is 8.56. The highest BCUT2D eigenvalue weighted by Crippen LogP contribution is 2.33. The van der Waals surface area contributed by atoms with Crippen molar-refractivity contribution >= 4 is 46.7 Å². The van der Waals surface area contributed by atoms with Crippen LogP contribution in [0.15, 0.2) is 35.4 Å². The maximum absolute atomic E-state index is 6.07. The molecule has 0 amide bonds. The second-order valence-corrected chi connectivity index (χ2v) is 5.47. The molecule has 7 heteroatoms. The molecular weight excluding hydrogens is 347 g/mol. The first kappa shape index (κ1) is 16.7. The molecule has 0 aliphatic rings. The second-order valence-electron chi connectivity index (χ2n) is 4.22. The fourth-order valence-corrected chi connectivity index (χ4v) is 2.66. The van der Waals surface area contributed by atoms with Crippen LogP contribution in [-0.2, 0) is 0 Å². The Balaban J connectivity index is 2.23. The number of rotatable bonds is 5. The van der Waals surface area contributed by atoms with Gasteiger partial charge in [0.15, 0.2) is 0 Å². The van der Waals surface area contributed by atoms with Crippen molar-refractivity contribution in [3.63, 3.8) is 0 Å². The van der Waals surface area contributed by atoms with E-state index in [1.165, 1.54) is 0 Å². The summed E-state index contributed by atoms with van der Waals surface area (Å²) in [5.41, 5.74) is 4.02. The van der Waals surface area contributed by atoms with Gasteiger partial charge in [0, 0.05) is 10.6 Å². The highest BCUT2D eigenvalue weighted by Gasteiger charge is 2.07. The zero-order valence-electron chi connectivity index (χ0n) is 11.9. The Morgan fingerprint density at radius 3 is 2.27 bits per heavy atom. The number of hydrogen-bond acceptors (Lipinski definition) is 4. The lowest BCUT2D eigenvalue weighted by Crippen LogP contribution is -1.96. The average Bonchev–Trinajstić information content (AvgIpc) is 2.49. The van der Waals surface area contributed by atoms with Gasteiger partial charge in [-0.1, -0.05) is 34.8 Å². The van der Waals surface area contributed by atoms with Crippen LogP contribution in [0.3, 0.4) is 0 Å². The fourth-order valence-electron chi connectivity index (χ4n) is 1.76. The first-order valence-electron chi connectivity index (χ1n) is 6.20. The maximum Gasteiger partial charge on any atom is 0.127 e. The van der Waals surface area contributed by atoms with Crippen LogP contribution >= 0.6 is 34.8 Å². The van der Waals surface area contributed by atoms with Gasteiger partial charge in [0.25, 0.3) is 0 Å². The first-order chi connectivity index (χ1) is 10.5. The summed E-state index contributed by atoms with van der Waals surface area (Å²) in [5, 5.41) is 5.35. The van der Waals surface area contributed by atoms with Gasteiger partial charge < -0.3 is 9.47 Å². The van der Waals surface area contributed by atoms with Crippen LogP contribution in [0.25, 0.3) is 0 Å². The third kappa shape index (κ3) is 3.97. The van der Waals surface area contributed by atoms with Crippen LogP contribution in [0.2, 0.25) is 15.1 Å². The fraction of sp³-hybridized carbons (Fsp3) is 0.133. The van der Waals surface area contributed by atoms with E-state index in [0.29, 0.717) is 32.3 Å². The summed E-state index contributed by atoms with van der Waals surface area (Å²) >= 11 is 18.0. The maximum atomic E-state index is 6.07. The quantitative estimate of drug-likeness (QED) is 0.596. The number of anilines is 1. The molecule has 0 bridgehead atoms. The lowest BCUT2D eigenvalue weighted by molar-refractivity contribution is 0.402. The van der Waals surface area contributed by atoms with Gasteiger partial charge in [-0.05, 0) is 30.3 Å². The zero-order valence-corrected chi connectivity index (χ0v) is 14.1. The van der Waals surface area contributed by atoms with Crippen molar-refractivity contribution in [1.82, 2.24) is 0 Å². The van der Waals surface area contributed by atoms with Crippen molar-refractivity contribution in [2.24, 2.45) is 5.10 Å². The van der Waals surface area contributed by atoms with Gasteiger partial charge in [-0.15, -0.1) is 0 Å². The number of hydrazone groups is 1. The molecule has 0 saturated carbocycles. The minimum Gasteiger partial charge on any atom is -0.497 e. The first-order valence-corrected chi connectivity index (χ1v) is 7.34. The predicted molar refractivity (Wildman–Crippen MR) is 92.2 cm³/mol. The van der Waals surface area contributed by atoms with Crippen LogP contribution in [0.4, 0.5) is 5.69 Å². The lowest BCUT2D eigenvalue weighted by atomic mass is 10.2. The molecule has 0 saturated heterocycles. The molecule has 0 fully saturated rings. The molecule has 1 N–H and O–H groups in total. The van der Waals surface area contributed by atoms with Crippen molar-refractivity contribution in [3.05, 3.63) is 51.0 Å². The standard InChI is InChI=1S/C15H13Cl3N2O2/c1-21-11-3-4-14(22-2)9(5-11)8-19-20-15-12(17)6-10(16)7-13(15)18/h3-8,20H,1-2H3/b19-8+. The largest absolute Gasteiger partial charge is 0.497 e. The van der Waals surface area contributed by atoms with Crippen LogP contribution in [0, 0.1) is 0 Å². The minimum absolute atomic E-state index is 0.382. The third-order valence-electron chi connectivity index (χ3n) is 2.82. The summed E-state index contributed by atoms with van der Waals surface area (Å²) in [4.78, 5) is 0. The van der Waals surface area contributed by atoms with Gasteiger partial charge in [0.2, 0.25) is 0 Å². The molecule has 22 heavy (non-hydrogen) atoms. The zero-order chi connectivity index (χ0) is 16.1. The van der Waals surface area contributed by atoms with Crippen LogP contribution < -0.4 is 14.9 Å². The van der Waals surface area contributed by atoms with E-state index in [1.54, 1.807) is 50.8 Å². The summed E-state index contributed by atoms with van der Waals surface area (Å²) in [6.07, 6.45) is 1.59. The molecule has 0 aliphatic carbocycles. The number of hydrogen-bond donors (Lipinski definition) is 1. The topological polar surface area (TPSA) is 42.9 Å². The Labute approximate surface area is 143 Å².